The molecule has 40 heavy (non-hydrogen) atoms. The highest BCUT2D eigenvalue weighted by Crippen LogP contribution is 2.42. The summed E-state index contributed by atoms with van der Waals surface area (Å²) in [6.07, 6.45) is 0. The molecular weight excluding hydrogens is 533 g/mol. The summed E-state index contributed by atoms with van der Waals surface area (Å²) in [5.41, 5.74) is 2.96. The number of aromatic hydroxyl groups is 1. The van der Waals surface area contributed by atoms with Gasteiger partial charge in [0.1, 0.15) is 29.7 Å². The Morgan fingerprint density at radius 2 is 1.68 bits per heavy atom. The molecule has 4 aromatic carbocycles. The molecule has 1 fully saturated rings. The molecule has 1 amide bonds. The van der Waals surface area contributed by atoms with Crippen molar-refractivity contribution in [2.24, 2.45) is 0 Å². The SMILES string of the molecule is Cc1cc(/C(O)=C2/C(=O)C(=O)N(Cc3ccc(F)cc3)C2c2ccc(O)c(Cl)c2)ccc1OCc1ccccc1. The summed E-state index contributed by atoms with van der Waals surface area (Å²) in [7, 11) is 0. The van der Waals surface area contributed by atoms with Gasteiger partial charge in [0.05, 0.1) is 16.6 Å². The van der Waals surface area contributed by atoms with Crippen molar-refractivity contribution in [3.8, 4) is 11.5 Å². The van der Waals surface area contributed by atoms with Crippen molar-refractivity contribution in [3.05, 3.63) is 135 Å². The summed E-state index contributed by atoms with van der Waals surface area (Å²) in [5.74, 6) is -2.02. The average molecular weight is 558 g/mol. The minimum absolute atomic E-state index is 0.0178. The van der Waals surface area contributed by atoms with Crippen LogP contribution in [0.3, 0.4) is 0 Å². The zero-order chi connectivity index (χ0) is 28.4. The van der Waals surface area contributed by atoms with Gasteiger partial charge < -0.3 is 19.8 Å². The number of aliphatic hydroxyl groups excluding tert-OH is 1. The second kappa shape index (κ2) is 11.2. The molecule has 4 aromatic rings. The molecule has 0 spiro atoms. The number of hydrogen-bond donors (Lipinski definition) is 2. The number of benzene rings is 4. The van der Waals surface area contributed by atoms with Gasteiger partial charge in [-0.3, -0.25) is 9.59 Å². The van der Waals surface area contributed by atoms with Crippen LogP contribution in [0.2, 0.25) is 5.02 Å². The molecule has 1 aliphatic heterocycles. The van der Waals surface area contributed by atoms with Gasteiger partial charge >= 0.3 is 0 Å². The van der Waals surface area contributed by atoms with E-state index in [1.807, 2.05) is 37.3 Å². The van der Waals surface area contributed by atoms with Gasteiger partial charge in [-0.2, -0.15) is 0 Å². The number of amides is 1. The first kappa shape index (κ1) is 27.0. The Balaban J connectivity index is 1.53. The molecule has 0 aliphatic carbocycles. The summed E-state index contributed by atoms with van der Waals surface area (Å²) < 4.78 is 19.4. The molecule has 1 heterocycles. The number of halogens is 2. The summed E-state index contributed by atoms with van der Waals surface area (Å²) in [5, 5.41) is 21.4. The molecule has 0 aromatic heterocycles. The molecule has 5 rings (SSSR count). The first-order chi connectivity index (χ1) is 19.2. The van der Waals surface area contributed by atoms with Crippen molar-refractivity contribution in [3.63, 3.8) is 0 Å². The zero-order valence-electron chi connectivity index (χ0n) is 21.5. The number of likely N-dealkylation sites (tertiary alicyclic amines) is 1. The molecule has 2 N–H and O–H groups in total. The molecule has 0 radical (unpaired) electrons. The zero-order valence-corrected chi connectivity index (χ0v) is 22.2. The Kier molecular flexibility index (Phi) is 7.58. The highest BCUT2D eigenvalue weighted by atomic mass is 35.5. The molecule has 202 valence electrons. The van der Waals surface area contributed by atoms with E-state index in [0.29, 0.717) is 29.0 Å². The van der Waals surface area contributed by atoms with Crippen LogP contribution in [0, 0.1) is 12.7 Å². The van der Waals surface area contributed by atoms with Crippen LogP contribution >= 0.6 is 11.6 Å². The van der Waals surface area contributed by atoms with Gasteiger partial charge in [0.15, 0.2) is 0 Å². The fourth-order valence-electron chi connectivity index (χ4n) is 4.72. The van der Waals surface area contributed by atoms with Crippen LogP contribution in [0.1, 0.15) is 33.9 Å². The normalized spacial score (nSPS) is 16.4. The number of phenolic OH excluding ortho intramolecular Hbond substituents is 1. The van der Waals surface area contributed by atoms with E-state index in [2.05, 4.69) is 0 Å². The standard InChI is InChI=1S/C32H25ClFNO5/c1-19-15-23(10-14-27(19)40-18-21-5-3-2-4-6-21)30(37)28-29(22-9-13-26(36)25(33)16-22)35(32(39)31(28)38)17-20-7-11-24(34)12-8-20/h2-16,29,36-37H,17-18H2,1H3/b30-28-. The number of aliphatic hydroxyl groups is 1. The number of aryl methyl sites for hydroxylation is 1. The van der Waals surface area contributed by atoms with Crippen LogP contribution in [-0.4, -0.2) is 26.8 Å². The number of rotatable bonds is 7. The third-order valence-electron chi connectivity index (χ3n) is 6.78. The Morgan fingerprint density at radius 3 is 2.35 bits per heavy atom. The van der Waals surface area contributed by atoms with Crippen molar-refractivity contribution >= 4 is 29.1 Å². The summed E-state index contributed by atoms with van der Waals surface area (Å²) in [4.78, 5) is 27.9. The maximum absolute atomic E-state index is 13.5. The highest BCUT2D eigenvalue weighted by molar-refractivity contribution is 6.46. The quantitative estimate of drug-likeness (QED) is 0.150. The van der Waals surface area contributed by atoms with E-state index >= 15 is 0 Å². The Hall–Kier alpha value is -4.62. The lowest BCUT2D eigenvalue weighted by atomic mass is 9.94. The van der Waals surface area contributed by atoms with E-state index < -0.39 is 23.5 Å². The van der Waals surface area contributed by atoms with Crippen molar-refractivity contribution < 1.29 is 28.9 Å². The monoisotopic (exact) mass is 557 g/mol. The fourth-order valence-corrected chi connectivity index (χ4v) is 4.91. The van der Waals surface area contributed by atoms with E-state index in [1.165, 1.54) is 47.4 Å². The molecule has 0 saturated carbocycles. The summed E-state index contributed by atoms with van der Waals surface area (Å²) in [6.45, 7) is 2.17. The van der Waals surface area contributed by atoms with Crippen LogP contribution in [0.15, 0.2) is 96.6 Å². The molecule has 0 bridgehead atoms. The van der Waals surface area contributed by atoms with Crippen LogP contribution in [0.25, 0.3) is 5.76 Å². The van der Waals surface area contributed by atoms with Gasteiger partial charge in [0, 0.05) is 12.1 Å². The Bertz CT molecular complexity index is 1620. The number of phenols is 1. The minimum atomic E-state index is -1.00. The lowest BCUT2D eigenvalue weighted by Crippen LogP contribution is -2.29. The molecule has 1 saturated heterocycles. The van der Waals surface area contributed by atoms with E-state index in [4.69, 9.17) is 16.3 Å². The van der Waals surface area contributed by atoms with E-state index in [1.54, 1.807) is 18.2 Å². The predicted molar refractivity (Wildman–Crippen MR) is 149 cm³/mol. The number of carbonyl (C=O) groups is 2. The number of hydrogen-bond acceptors (Lipinski definition) is 5. The van der Waals surface area contributed by atoms with Crippen molar-refractivity contribution in [1.82, 2.24) is 4.90 Å². The van der Waals surface area contributed by atoms with Gasteiger partial charge in [0.25, 0.3) is 11.7 Å². The van der Waals surface area contributed by atoms with Gasteiger partial charge in [-0.25, -0.2) is 4.39 Å². The van der Waals surface area contributed by atoms with Crippen LogP contribution in [-0.2, 0) is 22.7 Å². The number of carbonyl (C=O) groups excluding carboxylic acids is 2. The Morgan fingerprint density at radius 1 is 0.950 bits per heavy atom. The number of nitrogens with zero attached hydrogens (tertiary/aromatic N) is 1. The van der Waals surface area contributed by atoms with Crippen LogP contribution in [0.5, 0.6) is 11.5 Å². The molecule has 8 heteroatoms. The van der Waals surface area contributed by atoms with Crippen molar-refractivity contribution in [2.75, 3.05) is 0 Å². The maximum Gasteiger partial charge on any atom is 0.295 e. The molecule has 1 unspecified atom stereocenters. The summed E-state index contributed by atoms with van der Waals surface area (Å²) >= 11 is 6.17. The highest BCUT2D eigenvalue weighted by Gasteiger charge is 2.46. The second-order valence-corrected chi connectivity index (χ2v) is 9.93. The van der Waals surface area contributed by atoms with Gasteiger partial charge in [-0.1, -0.05) is 60.1 Å². The van der Waals surface area contributed by atoms with Crippen molar-refractivity contribution in [2.45, 2.75) is 26.1 Å². The van der Waals surface area contributed by atoms with Gasteiger partial charge in [-0.05, 0) is 71.6 Å². The van der Waals surface area contributed by atoms with Crippen LogP contribution < -0.4 is 4.74 Å². The fraction of sp³-hybridized carbons (Fsp3) is 0.125. The lowest BCUT2D eigenvalue weighted by molar-refractivity contribution is -0.140. The average Bonchev–Trinajstić information content (AvgIpc) is 3.20. The molecule has 1 atom stereocenters. The largest absolute Gasteiger partial charge is 0.507 e. The third kappa shape index (κ3) is 5.42. The predicted octanol–water partition coefficient (Wildman–Crippen LogP) is 6.69. The van der Waals surface area contributed by atoms with Crippen LogP contribution in [0.4, 0.5) is 4.39 Å². The minimum Gasteiger partial charge on any atom is -0.507 e. The van der Waals surface area contributed by atoms with Gasteiger partial charge in [0.2, 0.25) is 0 Å². The second-order valence-electron chi connectivity index (χ2n) is 9.52. The number of ketones is 1. The van der Waals surface area contributed by atoms with Crippen molar-refractivity contribution in [1.29, 1.82) is 0 Å². The number of ether oxygens (including phenoxy) is 1. The molecular formula is C32H25ClFNO5. The third-order valence-corrected chi connectivity index (χ3v) is 7.08. The first-order valence-electron chi connectivity index (χ1n) is 12.5. The Labute approximate surface area is 235 Å². The smallest absolute Gasteiger partial charge is 0.295 e. The lowest BCUT2D eigenvalue weighted by Gasteiger charge is -2.26. The van der Waals surface area contributed by atoms with E-state index in [9.17, 15) is 24.2 Å². The topological polar surface area (TPSA) is 87.1 Å². The van der Waals surface area contributed by atoms with E-state index in [-0.39, 0.29) is 28.6 Å². The summed E-state index contributed by atoms with van der Waals surface area (Å²) in [6, 6.07) is 23.6. The maximum atomic E-state index is 13.5. The number of Topliss-reactive ketones (excluding diaryl/α,β-unsaturated/α-hetero) is 1. The molecule has 1 aliphatic rings. The van der Waals surface area contributed by atoms with E-state index in [0.717, 1.165) is 11.1 Å². The molecule has 6 nitrogen and oxygen atoms in total. The first-order valence-corrected chi connectivity index (χ1v) is 12.9. The van der Waals surface area contributed by atoms with Gasteiger partial charge in [-0.15, -0.1) is 0 Å².